The number of ether oxygens (including phenoxy) is 3. The zero-order valence-corrected chi connectivity index (χ0v) is 21.8. The van der Waals surface area contributed by atoms with E-state index in [1.807, 2.05) is 38.1 Å². The molecule has 1 N–H and O–H groups in total. The van der Waals surface area contributed by atoms with E-state index >= 15 is 0 Å². The molecule has 8 heteroatoms. The first-order chi connectivity index (χ1) is 18.9. The molecule has 39 heavy (non-hydrogen) atoms. The number of amides is 1. The Balaban J connectivity index is 1.53. The number of likely N-dealkylation sites (tertiary alicyclic amines) is 1. The first-order valence-electron chi connectivity index (χ1n) is 12.9. The third-order valence-electron chi connectivity index (χ3n) is 6.69. The lowest BCUT2D eigenvalue weighted by molar-refractivity contribution is -0.140. The Kier molecular flexibility index (Phi) is 7.36. The van der Waals surface area contributed by atoms with E-state index < -0.39 is 23.7 Å². The predicted octanol–water partition coefficient (Wildman–Crippen LogP) is 4.95. The summed E-state index contributed by atoms with van der Waals surface area (Å²) >= 11 is 0. The summed E-state index contributed by atoms with van der Waals surface area (Å²) in [6.45, 7) is 5.09. The highest BCUT2D eigenvalue weighted by atomic mass is 16.6. The second-order valence-corrected chi connectivity index (χ2v) is 9.53. The average molecular weight is 528 g/mol. The smallest absolute Gasteiger partial charge is 0.338 e. The van der Waals surface area contributed by atoms with Crippen LogP contribution in [0.3, 0.4) is 0 Å². The van der Waals surface area contributed by atoms with Crippen LogP contribution in [0.5, 0.6) is 11.5 Å². The molecular weight excluding hydrogens is 498 g/mol. The van der Waals surface area contributed by atoms with Crippen LogP contribution in [0.1, 0.15) is 52.0 Å². The van der Waals surface area contributed by atoms with Crippen molar-refractivity contribution < 1.29 is 33.7 Å². The molecule has 0 radical (unpaired) electrons. The van der Waals surface area contributed by atoms with Crippen LogP contribution in [0, 0.1) is 6.92 Å². The number of ketones is 1. The molecule has 200 valence electrons. The lowest BCUT2D eigenvalue weighted by Crippen LogP contribution is -2.29. The molecule has 3 aromatic carbocycles. The summed E-state index contributed by atoms with van der Waals surface area (Å²) in [5.41, 5.74) is 3.14. The summed E-state index contributed by atoms with van der Waals surface area (Å²) in [5.74, 6) is -1.17. The molecule has 0 spiro atoms. The van der Waals surface area contributed by atoms with Crippen LogP contribution in [0.4, 0.5) is 0 Å². The molecule has 0 saturated carbocycles. The van der Waals surface area contributed by atoms with Crippen molar-refractivity contribution in [3.63, 3.8) is 0 Å². The van der Waals surface area contributed by atoms with Gasteiger partial charge in [0, 0.05) is 12.1 Å². The van der Waals surface area contributed by atoms with Gasteiger partial charge in [-0.05, 0) is 54.8 Å². The Morgan fingerprint density at radius 2 is 1.69 bits per heavy atom. The number of aliphatic hydroxyl groups is 1. The molecule has 2 aliphatic rings. The van der Waals surface area contributed by atoms with E-state index in [-0.39, 0.29) is 17.9 Å². The SMILES string of the molecule is CCCOC(=O)c1ccc(CN2C(=O)C(=O)/C(=C(\O)c3ccc4c(c3)OCCO4)C2c2cccc(C)c2)cc1. The van der Waals surface area contributed by atoms with Gasteiger partial charge in [-0.25, -0.2) is 4.79 Å². The van der Waals surface area contributed by atoms with Crippen LogP contribution in [0.2, 0.25) is 0 Å². The lowest BCUT2D eigenvalue weighted by Gasteiger charge is -2.26. The molecule has 2 aliphatic heterocycles. The maximum atomic E-state index is 13.4. The summed E-state index contributed by atoms with van der Waals surface area (Å²) in [7, 11) is 0. The van der Waals surface area contributed by atoms with Crippen molar-refractivity contribution in [1.82, 2.24) is 4.90 Å². The van der Waals surface area contributed by atoms with Gasteiger partial charge in [0.1, 0.15) is 19.0 Å². The zero-order chi connectivity index (χ0) is 27.5. The van der Waals surface area contributed by atoms with Crippen LogP contribution >= 0.6 is 0 Å². The van der Waals surface area contributed by atoms with Gasteiger partial charge in [0.2, 0.25) is 0 Å². The van der Waals surface area contributed by atoms with Gasteiger partial charge in [-0.15, -0.1) is 0 Å². The van der Waals surface area contributed by atoms with Gasteiger partial charge in [-0.2, -0.15) is 0 Å². The molecule has 0 bridgehead atoms. The van der Waals surface area contributed by atoms with E-state index in [1.54, 1.807) is 42.5 Å². The van der Waals surface area contributed by atoms with Crippen molar-refractivity contribution in [2.75, 3.05) is 19.8 Å². The lowest BCUT2D eigenvalue weighted by atomic mass is 9.94. The van der Waals surface area contributed by atoms with Crippen LogP contribution in [0.25, 0.3) is 5.76 Å². The number of Topliss-reactive ketones (excluding diaryl/α,β-unsaturated/α-hetero) is 1. The van der Waals surface area contributed by atoms with Crippen LogP contribution in [-0.2, 0) is 20.9 Å². The number of nitrogens with zero attached hydrogens (tertiary/aromatic N) is 1. The fourth-order valence-electron chi connectivity index (χ4n) is 4.80. The van der Waals surface area contributed by atoms with Crippen molar-refractivity contribution in [1.29, 1.82) is 0 Å². The van der Waals surface area contributed by atoms with E-state index in [0.717, 1.165) is 17.5 Å². The van der Waals surface area contributed by atoms with Gasteiger partial charge in [-0.3, -0.25) is 9.59 Å². The average Bonchev–Trinajstić information content (AvgIpc) is 3.20. The van der Waals surface area contributed by atoms with Crippen LogP contribution < -0.4 is 9.47 Å². The normalized spacial score (nSPS) is 17.8. The number of hydrogen-bond acceptors (Lipinski definition) is 7. The largest absolute Gasteiger partial charge is 0.507 e. The van der Waals surface area contributed by atoms with E-state index in [0.29, 0.717) is 48.0 Å². The zero-order valence-electron chi connectivity index (χ0n) is 21.8. The first kappa shape index (κ1) is 26.0. The van der Waals surface area contributed by atoms with Crippen LogP contribution in [0.15, 0.2) is 72.3 Å². The predicted molar refractivity (Wildman–Crippen MR) is 143 cm³/mol. The van der Waals surface area contributed by atoms with E-state index in [2.05, 4.69) is 0 Å². The Morgan fingerprint density at radius 1 is 0.974 bits per heavy atom. The van der Waals surface area contributed by atoms with Gasteiger partial charge in [0.05, 0.1) is 23.8 Å². The fourth-order valence-corrected chi connectivity index (χ4v) is 4.80. The number of esters is 1. The second kappa shape index (κ2) is 11.0. The summed E-state index contributed by atoms with van der Waals surface area (Å²) in [4.78, 5) is 40.4. The van der Waals surface area contributed by atoms with Gasteiger partial charge in [0.25, 0.3) is 11.7 Å². The minimum Gasteiger partial charge on any atom is -0.507 e. The molecule has 0 aromatic heterocycles. The number of carbonyl (C=O) groups is 3. The van der Waals surface area contributed by atoms with Gasteiger partial charge < -0.3 is 24.2 Å². The summed E-state index contributed by atoms with van der Waals surface area (Å²) in [6.07, 6.45) is 0.726. The summed E-state index contributed by atoms with van der Waals surface area (Å²) < 4.78 is 16.4. The second-order valence-electron chi connectivity index (χ2n) is 9.53. The van der Waals surface area contributed by atoms with Gasteiger partial charge >= 0.3 is 5.97 Å². The number of benzene rings is 3. The minimum atomic E-state index is -0.813. The molecule has 2 heterocycles. The molecule has 1 unspecified atom stereocenters. The highest BCUT2D eigenvalue weighted by Crippen LogP contribution is 2.42. The Morgan fingerprint density at radius 3 is 2.41 bits per heavy atom. The standard InChI is InChI=1S/C31H29NO7/c1-3-13-39-31(36)21-9-7-20(8-10-21)18-32-27(22-6-4-5-19(2)16-22)26(29(34)30(32)35)28(33)23-11-12-24-25(17-23)38-15-14-37-24/h4-12,16-17,27,33H,3,13-15,18H2,1-2H3/b28-26-. The third-order valence-corrected chi connectivity index (χ3v) is 6.69. The number of aryl methyl sites for hydroxylation is 1. The maximum absolute atomic E-state index is 13.4. The molecule has 1 saturated heterocycles. The minimum absolute atomic E-state index is 0.00189. The molecule has 8 nitrogen and oxygen atoms in total. The summed E-state index contributed by atoms with van der Waals surface area (Å²) in [5, 5.41) is 11.4. The Bertz CT molecular complexity index is 1460. The van der Waals surface area contributed by atoms with Crippen molar-refractivity contribution in [2.45, 2.75) is 32.9 Å². The van der Waals surface area contributed by atoms with Crippen LogP contribution in [-0.4, -0.2) is 47.5 Å². The molecule has 1 fully saturated rings. The molecular formula is C31H29NO7. The van der Waals surface area contributed by atoms with Crippen molar-refractivity contribution in [3.05, 3.63) is 100 Å². The fraction of sp³-hybridized carbons (Fsp3) is 0.258. The van der Waals surface area contributed by atoms with Gasteiger partial charge in [0.15, 0.2) is 11.5 Å². The molecule has 3 aromatic rings. The first-order valence-corrected chi connectivity index (χ1v) is 12.9. The Hall–Kier alpha value is -4.59. The number of hydrogen-bond donors (Lipinski definition) is 1. The molecule has 5 rings (SSSR count). The van der Waals surface area contributed by atoms with Gasteiger partial charge in [-0.1, -0.05) is 48.9 Å². The van der Waals surface area contributed by atoms with Crippen molar-refractivity contribution in [3.8, 4) is 11.5 Å². The quantitative estimate of drug-likeness (QED) is 0.201. The number of aliphatic hydroxyl groups excluding tert-OH is 1. The summed E-state index contributed by atoms with van der Waals surface area (Å²) in [6, 6.07) is 18.4. The Labute approximate surface area is 226 Å². The van der Waals surface area contributed by atoms with E-state index in [1.165, 1.54) is 4.90 Å². The number of fused-ring (bicyclic) bond motifs is 1. The van der Waals surface area contributed by atoms with E-state index in [9.17, 15) is 19.5 Å². The highest BCUT2D eigenvalue weighted by Gasteiger charge is 2.46. The highest BCUT2D eigenvalue weighted by molar-refractivity contribution is 6.46. The van der Waals surface area contributed by atoms with Crippen molar-refractivity contribution >= 4 is 23.4 Å². The topological polar surface area (TPSA) is 102 Å². The van der Waals surface area contributed by atoms with Crippen molar-refractivity contribution in [2.24, 2.45) is 0 Å². The van der Waals surface area contributed by atoms with E-state index in [4.69, 9.17) is 14.2 Å². The molecule has 0 aliphatic carbocycles. The number of rotatable bonds is 7. The molecule has 1 amide bonds. The number of carbonyl (C=O) groups excluding carboxylic acids is 3. The monoisotopic (exact) mass is 527 g/mol. The maximum Gasteiger partial charge on any atom is 0.338 e. The third kappa shape index (κ3) is 5.23. The molecule has 1 atom stereocenters.